The number of alkyl halides is 1. The van der Waals surface area contributed by atoms with Crippen LogP contribution in [-0.4, -0.2) is 0 Å². The summed E-state index contributed by atoms with van der Waals surface area (Å²) >= 11 is 3.76. The van der Waals surface area contributed by atoms with E-state index >= 15 is 0 Å². The van der Waals surface area contributed by atoms with Crippen molar-refractivity contribution in [2.45, 2.75) is 18.7 Å². The lowest BCUT2D eigenvalue weighted by Gasteiger charge is -2.16. The highest BCUT2D eigenvalue weighted by Gasteiger charge is 2.14. The minimum absolute atomic E-state index is 0.225. The van der Waals surface area contributed by atoms with Gasteiger partial charge in [0.25, 0.3) is 0 Å². The Morgan fingerprint density at radius 2 is 1.59 bits per heavy atom. The molecule has 0 saturated carbocycles. The van der Waals surface area contributed by atoms with E-state index in [4.69, 9.17) is 5.73 Å². The Hall–Kier alpha value is -1.28. The second-order valence-electron chi connectivity index (χ2n) is 4.27. The van der Waals surface area contributed by atoms with E-state index in [0.29, 0.717) is 0 Å². The predicted octanol–water partition coefficient (Wildman–Crippen LogP) is 4.37. The molecular weight excluding hydrogens is 274 g/mol. The van der Waals surface area contributed by atoms with E-state index in [9.17, 15) is 0 Å². The summed E-state index contributed by atoms with van der Waals surface area (Å²) in [5.41, 5.74) is 11.7. The zero-order chi connectivity index (χ0) is 12.4. The molecule has 0 spiro atoms. The van der Waals surface area contributed by atoms with Crippen LogP contribution in [0.5, 0.6) is 0 Å². The summed E-state index contributed by atoms with van der Waals surface area (Å²) in [5, 5.41) is 0. The van der Waals surface area contributed by atoms with Gasteiger partial charge in [0.1, 0.15) is 0 Å². The first-order valence-corrected chi connectivity index (χ1v) is 6.57. The van der Waals surface area contributed by atoms with Crippen LogP contribution < -0.4 is 5.73 Å². The molecule has 88 valence electrons. The molecule has 1 nitrogen and oxygen atoms in total. The summed E-state index contributed by atoms with van der Waals surface area (Å²) in [6, 6.07) is 14.5. The first kappa shape index (κ1) is 12.2. The molecular formula is C15H16BrN. The van der Waals surface area contributed by atoms with E-state index in [1.54, 1.807) is 0 Å². The van der Waals surface area contributed by atoms with Crippen LogP contribution in [0, 0.1) is 13.8 Å². The quantitative estimate of drug-likeness (QED) is 0.645. The van der Waals surface area contributed by atoms with E-state index in [-0.39, 0.29) is 4.83 Å². The average Bonchev–Trinajstić information content (AvgIpc) is 2.36. The standard InChI is InChI=1S/C15H16BrN/c1-10-11(2)14(17)9-8-13(10)15(16)12-6-4-3-5-7-12/h3-9,15H,17H2,1-2H3. The van der Waals surface area contributed by atoms with Gasteiger partial charge in [-0.2, -0.15) is 0 Å². The second kappa shape index (κ2) is 4.92. The summed E-state index contributed by atoms with van der Waals surface area (Å²) in [4.78, 5) is 0.225. The van der Waals surface area contributed by atoms with Crippen LogP contribution in [-0.2, 0) is 0 Å². The first-order valence-electron chi connectivity index (χ1n) is 5.66. The van der Waals surface area contributed by atoms with Crippen molar-refractivity contribution < 1.29 is 0 Å². The molecule has 2 aromatic carbocycles. The number of nitrogen functional groups attached to an aromatic ring is 1. The van der Waals surface area contributed by atoms with Gasteiger partial charge in [-0.3, -0.25) is 0 Å². The topological polar surface area (TPSA) is 26.0 Å². The van der Waals surface area contributed by atoms with E-state index in [1.807, 2.05) is 12.1 Å². The number of halogens is 1. The molecule has 1 atom stereocenters. The van der Waals surface area contributed by atoms with Gasteiger partial charge < -0.3 is 5.73 Å². The minimum Gasteiger partial charge on any atom is -0.399 e. The maximum Gasteiger partial charge on any atom is 0.0647 e. The fraction of sp³-hybridized carbons (Fsp3) is 0.200. The van der Waals surface area contributed by atoms with Crippen LogP contribution in [0.25, 0.3) is 0 Å². The predicted molar refractivity (Wildman–Crippen MR) is 77.5 cm³/mol. The summed E-state index contributed by atoms with van der Waals surface area (Å²) in [6.07, 6.45) is 0. The SMILES string of the molecule is Cc1c(N)ccc(C(Br)c2ccccc2)c1C. The van der Waals surface area contributed by atoms with Crippen molar-refractivity contribution in [1.29, 1.82) is 0 Å². The van der Waals surface area contributed by atoms with Gasteiger partial charge in [0.15, 0.2) is 0 Å². The maximum absolute atomic E-state index is 5.91. The molecule has 0 amide bonds. The summed E-state index contributed by atoms with van der Waals surface area (Å²) in [6.45, 7) is 4.19. The monoisotopic (exact) mass is 289 g/mol. The molecule has 2 rings (SSSR count). The third-order valence-corrected chi connectivity index (χ3v) is 4.26. The molecule has 2 N–H and O–H groups in total. The van der Waals surface area contributed by atoms with Gasteiger partial charge in [0, 0.05) is 5.69 Å². The van der Waals surface area contributed by atoms with Crippen LogP contribution in [0.2, 0.25) is 0 Å². The van der Waals surface area contributed by atoms with Gasteiger partial charge >= 0.3 is 0 Å². The zero-order valence-electron chi connectivity index (χ0n) is 10.1. The average molecular weight is 290 g/mol. The van der Waals surface area contributed by atoms with Crippen LogP contribution in [0.15, 0.2) is 42.5 Å². The molecule has 0 radical (unpaired) electrons. The Morgan fingerprint density at radius 3 is 2.24 bits per heavy atom. The van der Waals surface area contributed by atoms with Gasteiger partial charge in [0.2, 0.25) is 0 Å². The van der Waals surface area contributed by atoms with E-state index < -0.39 is 0 Å². The molecule has 0 bridgehead atoms. The van der Waals surface area contributed by atoms with Crippen molar-refractivity contribution >= 4 is 21.6 Å². The van der Waals surface area contributed by atoms with Gasteiger partial charge in [-0.1, -0.05) is 52.3 Å². The Labute approximate surface area is 111 Å². The Morgan fingerprint density at radius 1 is 0.941 bits per heavy atom. The van der Waals surface area contributed by atoms with Crippen molar-refractivity contribution in [3.63, 3.8) is 0 Å². The van der Waals surface area contributed by atoms with Gasteiger partial charge in [-0.25, -0.2) is 0 Å². The van der Waals surface area contributed by atoms with Gasteiger partial charge in [-0.05, 0) is 42.2 Å². The summed E-state index contributed by atoms with van der Waals surface area (Å²) < 4.78 is 0. The van der Waals surface area contributed by atoms with Crippen LogP contribution >= 0.6 is 15.9 Å². The number of benzene rings is 2. The second-order valence-corrected chi connectivity index (χ2v) is 5.18. The van der Waals surface area contributed by atoms with Crippen molar-refractivity contribution in [3.8, 4) is 0 Å². The molecule has 2 aromatic rings. The molecule has 17 heavy (non-hydrogen) atoms. The van der Waals surface area contributed by atoms with E-state index in [0.717, 1.165) is 5.69 Å². The number of nitrogens with two attached hydrogens (primary N) is 1. The van der Waals surface area contributed by atoms with Gasteiger partial charge in [-0.15, -0.1) is 0 Å². The molecule has 0 fully saturated rings. The molecule has 0 saturated heterocycles. The highest BCUT2D eigenvalue weighted by molar-refractivity contribution is 9.09. The molecule has 0 aromatic heterocycles. The number of rotatable bonds is 2. The van der Waals surface area contributed by atoms with Crippen molar-refractivity contribution in [3.05, 3.63) is 64.7 Å². The Bertz CT molecular complexity index is 520. The summed E-state index contributed by atoms with van der Waals surface area (Å²) in [5.74, 6) is 0. The van der Waals surface area contributed by atoms with E-state index in [2.05, 4.69) is 60.1 Å². The molecule has 0 aliphatic rings. The number of hydrogen-bond acceptors (Lipinski definition) is 1. The lowest BCUT2D eigenvalue weighted by atomic mass is 9.96. The number of anilines is 1. The number of hydrogen-bond donors (Lipinski definition) is 1. The Balaban J connectivity index is 2.45. The largest absolute Gasteiger partial charge is 0.399 e. The highest BCUT2D eigenvalue weighted by Crippen LogP contribution is 2.34. The first-order chi connectivity index (χ1) is 8.11. The van der Waals surface area contributed by atoms with Crippen LogP contribution in [0.4, 0.5) is 5.69 Å². The zero-order valence-corrected chi connectivity index (χ0v) is 11.7. The third kappa shape index (κ3) is 2.37. The molecule has 0 heterocycles. The fourth-order valence-corrected chi connectivity index (χ4v) is 2.74. The third-order valence-electron chi connectivity index (χ3n) is 3.24. The lowest BCUT2D eigenvalue weighted by Crippen LogP contribution is -2.00. The molecule has 1 unspecified atom stereocenters. The maximum atomic E-state index is 5.91. The van der Waals surface area contributed by atoms with E-state index in [1.165, 1.54) is 22.3 Å². The van der Waals surface area contributed by atoms with Crippen LogP contribution in [0.3, 0.4) is 0 Å². The minimum atomic E-state index is 0.225. The molecule has 0 aliphatic heterocycles. The Kier molecular flexibility index (Phi) is 3.53. The molecule has 2 heteroatoms. The van der Waals surface area contributed by atoms with Crippen molar-refractivity contribution in [2.24, 2.45) is 0 Å². The fourth-order valence-electron chi connectivity index (χ4n) is 1.94. The highest BCUT2D eigenvalue weighted by atomic mass is 79.9. The van der Waals surface area contributed by atoms with Crippen molar-refractivity contribution in [1.82, 2.24) is 0 Å². The normalized spacial score (nSPS) is 12.4. The summed E-state index contributed by atoms with van der Waals surface area (Å²) in [7, 11) is 0. The van der Waals surface area contributed by atoms with Crippen molar-refractivity contribution in [2.75, 3.05) is 5.73 Å². The van der Waals surface area contributed by atoms with Crippen LogP contribution in [0.1, 0.15) is 27.1 Å². The van der Waals surface area contributed by atoms with Gasteiger partial charge in [0.05, 0.1) is 4.83 Å². The molecule has 0 aliphatic carbocycles. The lowest BCUT2D eigenvalue weighted by molar-refractivity contribution is 1.13. The smallest absolute Gasteiger partial charge is 0.0647 e.